The van der Waals surface area contributed by atoms with Crippen molar-refractivity contribution in [2.75, 3.05) is 20.1 Å². The van der Waals surface area contributed by atoms with Gasteiger partial charge in [-0.15, -0.1) is 0 Å². The first-order chi connectivity index (χ1) is 9.08. The van der Waals surface area contributed by atoms with Gasteiger partial charge in [-0.3, -0.25) is 14.5 Å². The standard InChI is InChI=1S/C12H13BBrNO4/c1-15-7-11(16)18-13(19-12(17)8-15)10-4-2-9(6-14)3-5-10/h2-5H,6-8H2,1H3. The third-order valence-corrected chi connectivity index (χ3v) is 3.33. The van der Waals surface area contributed by atoms with Crippen molar-refractivity contribution < 1.29 is 18.9 Å². The largest absolute Gasteiger partial charge is 0.636 e. The predicted octanol–water partition coefficient (Wildman–Crippen LogP) is 0.308. The minimum absolute atomic E-state index is 0.0745. The van der Waals surface area contributed by atoms with Crippen molar-refractivity contribution >= 4 is 40.4 Å². The molecule has 0 aliphatic carbocycles. The molecule has 0 radical (unpaired) electrons. The lowest BCUT2D eigenvalue weighted by atomic mass is 9.78. The van der Waals surface area contributed by atoms with Crippen LogP contribution in [0.15, 0.2) is 24.3 Å². The molecule has 0 unspecified atom stereocenters. The van der Waals surface area contributed by atoms with E-state index < -0.39 is 19.1 Å². The lowest BCUT2D eigenvalue weighted by Crippen LogP contribution is -2.47. The summed E-state index contributed by atoms with van der Waals surface area (Å²) in [7, 11) is 0.700. The van der Waals surface area contributed by atoms with Gasteiger partial charge in [-0.25, -0.2) is 0 Å². The highest BCUT2D eigenvalue weighted by molar-refractivity contribution is 9.08. The van der Waals surface area contributed by atoms with Crippen LogP contribution in [0.4, 0.5) is 0 Å². The number of benzene rings is 1. The summed E-state index contributed by atoms with van der Waals surface area (Å²) in [6.45, 7) is 0.149. The minimum atomic E-state index is -0.960. The number of carbonyl (C=O) groups is 2. The van der Waals surface area contributed by atoms with E-state index >= 15 is 0 Å². The number of carbonyl (C=O) groups excluding carboxylic acids is 2. The van der Waals surface area contributed by atoms with Crippen LogP contribution in [-0.2, 0) is 24.2 Å². The summed E-state index contributed by atoms with van der Waals surface area (Å²) >= 11 is 3.35. The first-order valence-corrected chi connectivity index (χ1v) is 6.93. The molecule has 0 N–H and O–H groups in total. The van der Waals surface area contributed by atoms with Crippen LogP contribution in [0.25, 0.3) is 0 Å². The second-order valence-electron chi connectivity index (χ2n) is 4.36. The molecule has 2 rings (SSSR count). The van der Waals surface area contributed by atoms with Gasteiger partial charge in [0.05, 0.1) is 13.1 Å². The van der Waals surface area contributed by atoms with E-state index in [1.165, 1.54) is 0 Å². The monoisotopic (exact) mass is 325 g/mol. The first kappa shape index (κ1) is 14.1. The molecular formula is C12H13BBrNO4. The number of nitrogens with zero attached hydrogens (tertiary/aromatic N) is 1. The summed E-state index contributed by atoms with van der Waals surface area (Å²) in [6.07, 6.45) is 0. The fourth-order valence-electron chi connectivity index (χ4n) is 1.73. The third kappa shape index (κ3) is 3.81. The van der Waals surface area contributed by atoms with Crippen molar-refractivity contribution in [1.29, 1.82) is 0 Å². The maximum absolute atomic E-state index is 11.6. The summed E-state index contributed by atoms with van der Waals surface area (Å²) in [6, 6.07) is 7.34. The van der Waals surface area contributed by atoms with Gasteiger partial charge in [0.15, 0.2) is 0 Å². The maximum Gasteiger partial charge on any atom is 0.636 e. The molecule has 5 nitrogen and oxygen atoms in total. The summed E-state index contributed by atoms with van der Waals surface area (Å²) in [5.41, 5.74) is 1.74. The van der Waals surface area contributed by atoms with E-state index in [4.69, 9.17) is 9.31 Å². The van der Waals surface area contributed by atoms with E-state index in [-0.39, 0.29) is 13.1 Å². The van der Waals surface area contributed by atoms with Gasteiger partial charge in [-0.2, -0.15) is 0 Å². The van der Waals surface area contributed by atoms with Gasteiger partial charge in [-0.1, -0.05) is 40.2 Å². The first-order valence-electron chi connectivity index (χ1n) is 5.81. The number of halogens is 1. The quantitative estimate of drug-likeness (QED) is 0.578. The van der Waals surface area contributed by atoms with Crippen molar-refractivity contribution in [3.8, 4) is 0 Å². The van der Waals surface area contributed by atoms with Gasteiger partial charge < -0.3 is 9.31 Å². The van der Waals surface area contributed by atoms with E-state index in [1.54, 1.807) is 24.1 Å². The number of hydrogen-bond acceptors (Lipinski definition) is 5. The van der Waals surface area contributed by atoms with Gasteiger partial charge in [0, 0.05) is 10.8 Å². The van der Waals surface area contributed by atoms with Crippen LogP contribution in [-0.4, -0.2) is 44.1 Å². The number of alkyl halides is 1. The zero-order valence-corrected chi connectivity index (χ0v) is 12.1. The third-order valence-electron chi connectivity index (χ3n) is 2.68. The second kappa shape index (κ2) is 6.21. The number of rotatable bonds is 2. The molecule has 1 aliphatic heterocycles. The fraction of sp³-hybridized carbons (Fsp3) is 0.333. The van der Waals surface area contributed by atoms with Crippen LogP contribution in [0.1, 0.15) is 5.56 Å². The Balaban J connectivity index is 2.16. The molecule has 7 heteroatoms. The molecule has 1 heterocycles. The van der Waals surface area contributed by atoms with Gasteiger partial charge >= 0.3 is 19.1 Å². The molecule has 0 atom stereocenters. The maximum atomic E-state index is 11.6. The van der Waals surface area contributed by atoms with Crippen LogP contribution in [0, 0.1) is 0 Å². The highest BCUT2D eigenvalue weighted by Gasteiger charge is 2.33. The summed E-state index contributed by atoms with van der Waals surface area (Å²) in [5.74, 6) is -0.825. The predicted molar refractivity (Wildman–Crippen MR) is 74.1 cm³/mol. The lowest BCUT2D eigenvalue weighted by Gasteiger charge is -2.22. The average Bonchev–Trinajstić information content (AvgIpc) is 2.36. The van der Waals surface area contributed by atoms with E-state index in [2.05, 4.69) is 15.9 Å². The van der Waals surface area contributed by atoms with Gasteiger partial charge in [0.25, 0.3) is 0 Å². The Morgan fingerprint density at radius 2 is 1.68 bits per heavy atom. The zero-order chi connectivity index (χ0) is 13.8. The van der Waals surface area contributed by atoms with Gasteiger partial charge in [0.2, 0.25) is 0 Å². The Hall–Kier alpha value is -1.34. The second-order valence-corrected chi connectivity index (χ2v) is 4.92. The molecule has 0 spiro atoms. The van der Waals surface area contributed by atoms with Crippen LogP contribution in [0.5, 0.6) is 0 Å². The molecular weight excluding hydrogens is 313 g/mol. The molecule has 0 saturated carbocycles. The molecule has 0 aromatic heterocycles. The summed E-state index contributed by atoms with van der Waals surface area (Å²) < 4.78 is 10.3. The Labute approximate surface area is 120 Å². The molecule has 1 aromatic rings. The average molecular weight is 326 g/mol. The molecule has 0 amide bonds. The van der Waals surface area contributed by atoms with Crippen LogP contribution in [0.2, 0.25) is 0 Å². The molecule has 19 heavy (non-hydrogen) atoms. The molecule has 1 aromatic carbocycles. The highest BCUT2D eigenvalue weighted by Crippen LogP contribution is 2.05. The Morgan fingerprint density at radius 3 is 2.16 bits per heavy atom. The van der Waals surface area contributed by atoms with E-state index in [1.807, 2.05) is 12.1 Å². The molecule has 1 saturated heterocycles. The Morgan fingerprint density at radius 1 is 1.16 bits per heavy atom. The molecule has 100 valence electrons. The van der Waals surface area contributed by atoms with Crippen molar-refractivity contribution in [3.63, 3.8) is 0 Å². The Bertz CT molecular complexity index is 459. The van der Waals surface area contributed by atoms with Gasteiger partial charge in [0.1, 0.15) is 0 Å². The van der Waals surface area contributed by atoms with Crippen molar-refractivity contribution in [1.82, 2.24) is 4.90 Å². The number of hydrogen-bond donors (Lipinski definition) is 0. The SMILES string of the molecule is CN1CC(=O)OB(c2ccc(CBr)cc2)OC(=O)C1. The topological polar surface area (TPSA) is 55.8 Å². The van der Waals surface area contributed by atoms with E-state index in [9.17, 15) is 9.59 Å². The fourth-order valence-corrected chi connectivity index (χ4v) is 2.11. The van der Waals surface area contributed by atoms with Crippen LogP contribution in [0.3, 0.4) is 0 Å². The lowest BCUT2D eigenvalue weighted by molar-refractivity contribution is -0.145. The molecule has 1 aliphatic rings. The highest BCUT2D eigenvalue weighted by atomic mass is 79.9. The van der Waals surface area contributed by atoms with E-state index in [0.29, 0.717) is 5.46 Å². The smallest absolute Gasteiger partial charge is 0.494 e. The van der Waals surface area contributed by atoms with Crippen molar-refractivity contribution in [2.24, 2.45) is 0 Å². The minimum Gasteiger partial charge on any atom is -0.494 e. The van der Waals surface area contributed by atoms with Crippen LogP contribution >= 0.6 is 15.9 Å². The molecule has 0 bridgehead atoms. The molecule has 1 fully saturated rings. The normalized spacial score (nSPS) is 17.5. The summed E-state index contributed by atoms with van der Waals surface area (Å²) in [4.78, 5) is 24.7. The van der Waals surface area contributed by atoms with E-state index in [0.717, 1.165) is 10.9 Å². The van der Waals surface area contributed by atoms with Crippen molar-refractivity contribution in [2.45, 2.75) is 5.33 Å². The van der Waals surface area contributed by atoms with Gasteiger partial charge in [-0.05, 0) is 12.6 Å². The van der Waals surface area contributed by atoms with Crippen LogP contribution < -0.4 is 5.46 Å². The zero-order valence-electron chi connectivity index (χ0n) is 10.5. The Kier molecular flexibility index (Phi) is 4.60. The number of likely N-dealkylation sites (N-methyl/N-ethyl adjacent to an activating group) is 1. The summed E-state index contributed by atoms with van der Waals surface area (Å²) in [5, 5.41) is 0.738. The van der Waals surface area contributed by atoms with Crippen molar-refractivity contribution in [3.05, 3.63) is 29.8 Å².